The normalized spacial score (nSPS) is 16.4. The molecule has 1 aromatic carbocycles. The molecule has 1 fully saturated rings. The second kappa shape index (κ2) is 5.29. The number of nitrogens with one attached hydrogen (secondary N) is 1. The molecule has 1 amide bonds. The van der Waals surface area contributed by atoms with Crippen molar-refractivity contribution in [1.82, 2.24) is 15.1 Å². The van der Waals surface area contributed by atoms with Gasteiger partial charge in [0.05, 0.1) is 16.8 Å². The highest BCUT2D eigenvalue weighted by Crippen LogP contribution is 2.41. The van der Waals surface area contributed by atoms with Crippen molar-refractivity contribution < 1.29 is 4.79 Å². The lowest BCUT2D eigenvalue weighted by atomic mass is 9.72. The molecule has 0 radical (unpaired) electrons. The smallest absolute Gasteiger partial charge is 0.242 e. The van der Waals surface area contributed by atoms with Gasteiger partial charge < -0.3 is 5.32 Å². The van der Waals surface area contributed by atoms with Gasteiger partial charge in [0.25, 0.3) is 0 Å². The molecular weight excluding hydrogens is 274 g/mol. The molecular formula is C15H16ClN3O. The van der Waals surface area contributed by atoms with Crippen LogP contribution in [0.5, 0.6) is 0 Å². The number of carbonyl (C=O) groups is 1. The van der Waals surface area contributed by atoms with E-state index in [0.29, 0.717) is 5.02 Å². The first-order valence-electron chi connectivity index (χ1n) is 6.72. The molecule has 2 aromatic rings. The van der Waals surface area contributed by atoms with E-state index in [-0.39, 0.29) is 18.0 Å². The minimum absolute atomic E-state index is 0.0340. The Morgan fingerprint density at radius 2 is 2.10 bits per heavy atom. The van der Waals surface area contributed by atoms with Gasteiger partial charge in [-0.15, -0.1) is 0 Å². The summed E-state index contributed by atoms with van der Waals surface area (Å²) in [6, 6.07) is 10.2. The van der Waals surface area contributed by atoms with Crippen LogP contribution >= 0.6 is 11.6 Å². The monoisotopic (exact) mass is 289 g/mol. The molecule has 0 aliphatic heterocycles. The Bertz CT molecular complexity index is 605. The van der Waals surface area contributed by atoms with Crippen molar-refractivity contribution in [3.8, 4) is 0 Å². The quantitative estimate of drug-likeness (QED) is 0.941. The summed E-state index contributed by atoms with van der Waals surface area (Å²) in [5, 5.41) is 7.73. The molecule has 1 N–H and O–H groups in total. The first-order valence-corrected chi connectivity index (χ1v) is 7.10. The number of aromatic nitrogens is 2. The highest BCUT2D eigenvalue weighted by molar-refractivity contribution is 6.30. The number of halogens is 1. The lowest BCUT2D eigenvalue weighted by Gasteiger charge is -2.43. The van der Waals surface area contributed by atoms with E-state index in [1.165, 1.54) is 11.8 Å². The molecule has 20 heavy (non-hydrogen) atoms. The molecule has 1 aromatic heterocycles. The van der Waals surface area contributed by atoms with E-state index in [1.807, 2.05) is 18.2 Å². The number of rotatable bonds is 4. The van der Waals surface area contributed by atoms with Crippen LogP contribution in [-0.4, -0.2) is 15.7 Å². The summed E-state index contributed by atoms with van der Waals surface area (Å²) in [6.07, 6.45) is 6.30. The Morgan fingerprint density at radius 1 is 1.35 bits per heavy atom. The van der Waals surface area contributed by atoms with Crippen molar-refractivity contribution in [2.24, 2.45) is 0 Å². The summed E-state index contributed by atoms with van der Waals surface area (Å²) < 4.78 is 1.55. The number of benzene rings is 1. The fraction of sp³-hybridized carbons (Fsp3) is 0.333. The molecule has 1 aliphatic rings. The lowest BCUT2D eigenvalue weighted by molar-refractivity contribution is -0.125. The maximum Gasteiger partial charge on any atom is 0.242 e. The molecule has 0 bridgehead atoms. The first-order chi connectivity index (χ1) is 9.68. The molecule has 0 saturated heterocycles. The van der Waals surface area contributed by atoms with Crippen LogP contribution in [0, 0.1) is 0 Å². The number of amides is 1. The molecule has 0 spiro atoms. The third-order valence-electron chi connectivity index (χ3n) is 3.82. The van der Waals surface area contributed by atoms with Crippen LogP contribution in [0.4, 0.5) is 0 Å². The van der Waals surface area contributed by atoms with E-state index in [9.17, 15) is 4.79 Å². The van der Waals surface area contributed by atoms with Gasteiger partial charge in [0.1, 0.15) is 6.54 Å². The highest BCUT2D eigenvalue weighted by atomic mass is 35.5. The van der Waals surface area contributed by atoms with Gasteiger partial charge in [-0.05, 0) is 24.8 Å². The van der Waals surface area contributed by atoms with Crippen LogP contribution in [0.1, 0.15) is 24.8 Å². The van der Waals surface area contributed by atoms with Crippen LogP contribution in [-0.2, 0) is 16.9 Å². The molecule has 1 aliphatic carbocycles. The Hall–Kier alpha value is -1.81. The first kappa shape index (κ1) is 13.2. The number of carbonyl (C=O) groups excluding carboxylic acids is 1. The van der Waals surface area contributed by atoms with Crippen molar-refractivity contribution in [1.29, 1.82) is 0 Å². The summed E-state index contributed by atoms with van der Waals surface area (Å²) in [6.45, 7) is 0.196. The van der Waals surface area contributed by atoms with Gasteiger partial charge in [-0.1, -0.05) is 41.9 Å². The molecule has 0 atom stereocenters. The molecule has 1 heterocycles. The van der Waals surface area contributed by atoms with Gasteiger partial charge >= 0.3 is 0 Å². The number of hydrogen-bond acceptors (Lipinski definition) is 2. The van der Waals surface area contributed by atoms with Gasteiger partial charge in [-0.3, -0.25) is 9.48 Å². The topological polar surface area (TPSA) is 46.9 Å². The summed E-state index contributed by atoms with van der Waals surface area (Å²) in [7, 11) is 0. The average Bonchev–Trinajstić information content (AvgIpc) is 2.80. The van der Waals surface area contributed by atoms with E-state index in [2.05, 4.69) is 22.5 Å². The zero-order chi connectivity index (χ0) is 14.0. The van der Waals surface area contributed by atoms with E-state index in [0.717, 1.165) is 19.3 Å². The minimum atomic E-state index is -0.199. The van der Waals surface area contributed by atoms with Crippen molar-refractivity contribution >= 4 is 17.5 Å². The third kappa shape index (κ3) is 2.56. The maximum atomic E-state index is 12.2. The summed E-state index contributed by atoms with van der Waals surface area (Å²) >= 11 is 5.80. The van der Waals surface area contributed by atoms with Crippen molar-refractivity contribution in [3.63, 3.8) is 0 Å². The minimum Gasteiger partial charge on any atom is -0.345 e. The third-order valence-corrected chi connectivity index (χ3v) is 4.01. The van der Waals surface area contributed by atoms with Crippen molar-refractivity contribution in [3.05, 3.63) is 53.3 Å². The Kier molecular flexibility index (Phi) is 3.49. The molecule has 3 rings (SSSR count). The fourth-order valence-electron chi connectivity index (χ4n) is 2.65. The van der Waals surface area contributed by atoms with Crippen LogP contribution in [0.3, 0.4) is 0 Å². The molecule has 1 saturated carbocycles. The standard InChI is InChI=1S/C15H16ClN3O/c16-13-9-17-19(10-13)11-14(20)18-15(7-4-8-15)12-5-2-1-3-6-12/h1-3,5-6,9-10H,4,7-8,11H2,(H,18,20). The molecule has 104 valence electrons. The van der Waals surface area contributed by atoms with E-state index in [1.54, 1.807) is 10.9 Å². The number of hydrogen-bond donors (Lipinski definition) is 1. The van der Waals surface area contributed by atoms with Gasteiger partial charge in [0, 0.05) is 6.20 Å². The SMILES string of the molecule is O=C(Cn1cc(Cl)cn1)NC1(c2ccccc2)CCC1. The van der Waals surface area contributed by atoms with Gasteiger partial charge in [-0.2, -0.15) is 5.10 Å². The largest absolute Gasteiger partial charge is 0.345 e. The predicted molar refractivity (Wildman–Crippen MR) is 77.4 cm³/mol. The van der Waals surface area contributed by atoms with Crippen LogP contribution in [0.25, 0.3) is 0 Å². The Morgan fingerprint density at radius 3 is 2.65 bits per heavy atom. The lowest BCUT2D eigenvalue weighted by Crippen LogP contribution is -2.51. The summed E-state index contributed by atoms with van der Waals surface area (Å²) in [5.41, 5.74) is 0.980. The number of nitrogens with zero attached hydrogens (tertiary/aromatic N) is 2. The van der Waals surface area contributed by atoms with Gasteiger partial charge in [0.2, 0.25) is 5.91 Å². The molecule has 4 nitrogen and oxygen atoms in total. The van der Waals surface area contributed by atoms with Gasteiger partial charge in [-0.25, -0.2) is 0 Å². The van der Waals surface area contributed by atoms with Crippen LogP contribution in [0.2, 0.25) is 5.02 Å². The summed E-state index contributed by atoms with van der Waals surface area (Å²) in [4.78, 5) is 12.2. The van der Waals surface area contributed by atoms with Crippen molar-refractivity contribution in [2.75, 3.05) is 0 Å². The highest BCUT2D eigenvalue weighted by Gasteiger charge is 2.39. The zero-order valence-electron chi connectivity index (χ0n) is 11.1. The second-order valence-electron chi connectivity index (χ2n) is 5.21. The van der Waals surface area contributed by atoms with Crippen LogP contribution in [0.15, 0.2) is 42.7 Å². The zero-order valence-corrected chi connectivity index (χ0v) is 11.8. The predicted octanol–water partition coefficient (Wildman–Crippen LogP) is 2.73. The van der Waals surface area contributed by atoms with E-state index >= 15 is 0 Å². The van der Waals surface area contributed by atoms with E-state index < -0.39 is 0 Å². The summed E-state index contributed by atoms with van der Waals surface area (Å²) in [5.74, 6) is -0.0340. The maximum absolute atomic E-state index is 12.2. The molecule has 0 unspecified atom stereocenters. The fourth-order valence-corrected chi connectivity index (χ4v) is 2.81. The Balaban J connectivity index is 1.70. The second-order valence-corrected chi connectivity index (χ2v) is 5.64. The molecule has 5 heteroatoms. The average molecular weight is 290 g/mol. The van der Waals surface area contributed by atoms with Crippen LogP contribution < -0.4 is 5.32 Å². The Labute approximate surface area is 122 Å². The van der Waals surface area contributed by atoms with Gasteiger partial charge in [0.15, 0.2) is 0 Å². The van der Waals surface area contributed by atoms with Crippen molar-refractivity contribution in [2.45, 2.75) is 31.3 Å². The van der Waals surface area contributed by atoms with E-state index in [4.69, 9.17) is 11.6 Å².